The van der Waals surface area contributed by atoms with Gasteiger partial charge >= 0.3 is 0 Å². The van der Waals surface area contributed by atoms with E-state index in [0.29, 0.717) is 0 Å². The van der Waals surface area contributed by atoms with E-state index < -0.39 is 6.17 Å². The second-order valence-electron chi connectivity index (χ2n) is 3.95. The van der Waals surface area contributed by atoms with E-state index in [1.165, 1.54) is 0 Å². The molecule has 3 aromatic rings. The van der Waals surface area contributed by atoms with Gasteiger partial charge in [0.05, 0.1) is 28.2 Å². The van der Waals surface area contributed by atoms with Gasteiger partial charge in [-0.3, -0.25) is 0 Å². The number of benzene rings is 2. The van der Waals surface area contributed by atoms with Crippen LogP contribution in [0, 0.1) is 0 Å². The van der Waals surface area contributed by atoms with Crippen molar-refractivity contribution in [3.63, 3.8) is 0 Å². The Balaban J connectivity index is 0.00000120. The summed E-state index contributed by atoms with van der Waals surface area (Å²) >= 11 is 0. The van der Waals surface area contributed by atoms with E-state index in [-0.39, 0.29) is 12.4 Å². The molecule has 1 aromatic heterocycles. The van der Waals surface area contributed by atoms with Crippen molar-refractivity contribution >= 4 is 34.5 Å². The lowest BCUT2D eigenvalue weighted by Gasteiger charge is -2.09. The average Bonchev–Trinajstić information content (AvgIpc) is 2.35. The Morgan fingerprint density at radius 1 is 0.778 bits per heavy atom. The summed E-state index contributed by atoms with van der Waals surface area (Å²) in [6.45, 7) is 0. The highest BCUT2D eigenvalue weighted by molar-refractivity contribution is 5.88. The maximum Gasteiger partial charge on any atom is 0.0955 e. The molecule has 0 radical (unpaired) electrons. The maximum atomic E-state index is 5.73. The Hall–Kier alpha value is -1.75. The van der Waals surface area contributed by atoms with Crippen LogP contribution in [0.3, 0.4) is 0 Å². The fourth-order valence-electron chi connectivity index (χ4n) is 1.93. The van der Waals surface area contributed by atoms with Crippen LogP contribution in [0.5, 0.6) is 0 Å². The summed E-state index contributed by atoms with van der Waals surface area (Å²) in [7, 11) is 0. The monoisotopic (exact) mass is 260 g/mol. The Bertz CT molecular complexity index is 697. The van der Waals surface area contributed by atoms with Gasteiger partial charge in [0, 0.05) is 5.56 Å². The Kier molecular flexibility index (Phi) is 3.43. The molecule has 2 aromatic carbocycles. The number of halogens is 1. The first-order chi connectivity index (χ1) is 8.25. The zero-order chi connectivity index (χ0) is 11.8. The first-order valence-corrected chi connectivity index (χ1v) is 5.42. The standard InChI is InChI=1S/C13H12N4.ClH/c14-13(15)8-4-3-7-11-12(8)17-10-6-2-1-5-9(10)16-11;/h1-7,13H,14-15H2;1H. The highest BCUT2D eigenvalue weighted by atomic mass is 35.5. The van der Waals surface area contributed by atoms with Crippen LogP contribution < -0.4 is 11.5 Å². The van der Waals surface area contributed by atoms with E-state index in [9.17, 15) is 0 Å². The van der Waals surface area contributed by atoms with Crippen molar-refractivity contribution < 1.29 is 0 Å². The summed E-state index contributed by atoms with van der Waals surface area (Å²) < 4.78 is 0. The number of aromatic nitrogens is 2. The fraction of sp³-hybridized carbons (Fsp3) is 0.0769. The van der Waals surface area contributed by atoms with Gasteiger partial charge in [-0.1, -0.05) is 24.3 Å². The highest BCUT2D eigenvalue weighted by Gasteiger charge is 2.08. The molecular weight excluding hydrogens is 248 g/mol. The molecule has 0 unspecified atom stereocenters. The van der Waals surface area contributed by atoms with Crippen LogP contribution in [-0.2, 0) is 0 Å². The highest BCUT2D eigenvalue weighted by Crippen LogP contribution is 2.20. The molecule has 4 N–H and O–H groups in total. The van der Waals surface area contributed by atoms with Crippen molar-refractivity contribution in [3.8, 4) is 0 Å². The molecule has 1 heterocycles. The van der Waals surface area contributed by atoms with Gasteiger partial charge in [0.25, 0.3) is 0 Å². The van der Waals surface area contributed by atoms with Gasteiger partial charge in [-0.05, 0) is 18.2 Å². The van der Waals surface area contributed by atoms with Gasteiger partial charge in [0.1, 0.15) is 0 Å². The van der Waals surface area contributed by atoms with Gasteiger partial charge in [0.2, 0.25) is 0 Å². The van der Waals surface area contributed by atoms with Crippen molar-refractivity contribution in [2.75, 3.05) is 0 Å². The average molecular weight is 261 g/mol. The molecule has 92 valence electrons. The molecule has 0 amide bonds. The largest absolute Gasteiger partial charge is 0.312 e. The minimum Gasteiger partial charge on any atom is -0.312 e. The SMILES string of the molecule is Cl.NC(N)c1cccc2nc3ccccc3nc12. The molecule has 0 aliphatic carbocycles. The first kappa shape index (κ1) is 12.7. The minimum atomic E-state index is -0.533. The number of nitrogens with zero attached hydrogens (tertiary/aromatic N) is 2. The third-order valence-electron chi connectivity index (χ3n) is 2.76. The third kappa shape index (κ3) is 2.01. The van der Waals surface area contributed by atoms with E-state index in [4.69, 9.17) is 11.5 Å². The lowest BCUT2D eigenvalue weighted by molar-refractivity contribution is 0.779. The van der Waals surface area contributed by atoms with Crippen molar-refractivity contribution in [1.82, 2.24) is 9.97 Å². The first-order valence-electron chi connectivity index (χ1n) is 5.42. The van der Waals surface area contributed by atoms with Gasteiger partial charge < -0.3 is 11.5 Å². The van der Waals surface area contributed by atoms with Crippen LogP contribution in [0.1, 0.15) is 11.7 Å². The van der Waals surface area contributed by atoms with Crippen LogP contribution in [-0.4, -0.2) is 9.97 Å². The van der Waals surface area contributed by atoms with Crippen LogP contribution in [0.15, 0.2) is 42.5 Å². The predicted octanol–water partition coefficient (Wildman–Crippen LogP) is 2.12. The van der Waals surface area contributed by atoms with Gasteiger partial charge in [-0.2, -0.15) is 0 Å². The van der Waals surface area contributed by atoms with Gasteiger partial charge in [0.15, 0.2) is 0 Å². The van der Waals surface area contributed by atoms with Crippen LogP contribution in [0.25, 0.3) is 22.1 Å². The lowest BCUT2D eigenvalue weighted by Crippen LogP contribution is -2.20. The smallest absolute Gasteiger partial charge is 0.0955 e. The molecule has 0 saturated carbocycles. The minimum absolute atomic E-state index is 0. The molecule has 4 nitrogen and oxygen atoms in total. The molecular formula is C13H13ClN4. The van der Waals surface area contributed by atoms with E-state index in [2.05, 4.69) is 9.97 Å². The van der Waals surface area contributed by atoms with Crippen molar-refractivity contribution in [1.29, 1.82) is 0 Å². The summed E-state index contributed by atoms with van der Waals surface area (Å²) in [6.07, 6.45) is -0.533. The number of hydrogen-bond donors (Lipinski definition) is 2. The summed E-state index contributed by atoms with van der Waals surface area (Å²) in [5.41, 5.74) is 15.6. The predicted molar refractivity (Wildman–Crippen MR) is 75.4 cm³/mol. The molecule has 3 rings (SSSR count). The quantitative estimate of drug-likeness (QED) is 0.519. The molecule has 18 heavy (non-hydrogen) atoms. The maximum absolute atomic E-state index is 5.73. The van der Waals surface area contributed by atoms with E-state index >= 15 is 0 Å². The third-order valence-corrected chi connectivity index (χ3v) is 2.76. The lowest BCUT2D eigenvalue weighted by atomic mass is 10.1. The number of rotatable bonds is 1. The fourth-order valence-corrected chi connectivity index (χ4v) is 1.93. The second-order valence-corrected chi connectivity index (χ2v) is 3.95. The van der Waals surface area contributed by atoms with E-state index in [1.54, 1.807) is 0 Å². The Morgan fingerprint density at radius 2 is 1.39 bits per heavy atom. The van der Waals surface area contributed by atoms with Crippen molar-refractivity contribution in [2.45, 2.75) is 6.17 Å². The summed E-state index contributed by atoms with van der Waals surface area (Å²) in [6, 6.07) is 13.5. The van der Waals surface area contributed by atoms with Crippen molar-refractivity contribution in [2.24, 2.45) is 11.5 Å². The zero-order valence-corrected chi connectivity index (χ0v) is 10.4. The second kappa shape index (κ2) is 4.86. The van der Waals surface area contributed by atoms with Crippen LogP contribution >= 0.6 is 12.4 Å². The molecule has 0 saturated heterocycles. The molecule has 0 atom stereocenters. The molecule has 5 heteroatoms. The number of nitrogens with two attached hydrogens (primary N) is 2. The van der Waals surface area contributed by atoms with E-state index in [1.807, 2.05) is 42.5 Å². The normalized spacial score (nSPS) is 10.8. The number of hydrogen-bond acceptors (Lipinski definition) is 4. The van der Waals surface area contributed by atoms with Crippen LogP contribution in [0.2, 0.25) is 0 Å². The van der Waals surface area contributed by atoms with Crippen molar-refractivity contribution in [3.05, 3.63) is 48.0 Å². The topological polar surface area (TPSA) is 77.8 Å². The Labute approximate surface area is 110 Å². The summed E-state index contributed by atoms with van der Waals surface area (Å²) in [5, 5.41) is 0. The number of para-hydroxylation sites is 3. The van der Waals surface area contributed by atoms with Gasteiger partial charge in [-0.15, -0.1) is 12.4 Å². The number of fused-ring (bicyclic) bond motifs is 2. The molecule has 0 fully saturated rings. The molecule has 0 spiro atoms. The summed E-state index contributed by atoms with van der Waals surface area (Å²) in [4.78, 5) is 9.12. The molecule has 0 bridgehead atoms. The van der Waals surface area contributed by atoms with Gasteiger partial charge in [-0.25, -0.2) is 9.97 Å². The molecule has 0 aliphatic rings. The van der Waals surface area contributed by atoms with E-state index in [0.717, 1.165) is 27.6 Å². The zero-order valence-electron chi connectivity index (χ0n) is 9.58. The molecule has 0 aliphatic heterocycles. The van der Waals surface area contributed by atoms with Crippen LogP contribution in [0.4, 0.5) is 0 Å². The summed E-state index contributed by atoms with van der Waals surface area (Å²) in [5.74, 6) is 0. The Morgan fingerprint density at radius 3 is 2.06 bits per heavy atom.